The molecule has 4 rings (SSSR count). The Kier molecular flexibility index (Phi) is 5.07. The Bertz CT molecular complexity index is 1170. The van der Waals surface area contributed by atoms with Crippen LogP contribution in [0.2, 0.25) is 5.02 Å². The summed E-state index contributed by atoms with van der Waals surface area (Å²) in [7, 11) is 0. The second-order valence-electron chi connectivity index (χ2n) is 6.20. The van der Waals surface area contributed by atoms with Crippen LogP contribution >= 0.6 is 11.6 Å². The summed E-state index contributed by atoms with van der Waals surface area (Å²) in [5.74, 6) is -0.378. The molecule has 2 heterocycles. The maximum absolute atomic E-state index is 12.6. The lowest BCUT2D eigenvalue weighted by Crippen LogP contribution is -2.14. The van der Waals surface area contributed by atoms with Crippen LogP contribution in [0.3, 0.4) is 0 Å². The first kappa shape index (κ1) is 18.8. The number of aromatic nitrogens is 6. The summed E-state index contributed by atoms with van der Waals surface area (Å²) in [5.41, 5.74) is 3.24. The number of para-hydroxylation sites is 1. The third-order valence-corrected chi connectivity index (χ3v) is 4.60. The summed E-state index contributed by atoms with van der Waals surface area (Å²) >= 11 is 6.21. The van der Waals surface area contributed by atoms with Crippen molar-refractivity contribution in [1.82, 2.24) is 30.0 Å². The summed E-state index contributed by atoms with van der Waals surface area (Å²) < 4.78 is 3.07. The zero-order valence-corrected chi connectivity index (χ0v) is 16.1. The number of hydrogen-bond acceptors (Lipinski definition) is 6. The van der Waals surface area contributed by atoms with Gasteiger partial charge in [0.25, 0.3) is 5.91 Å². The number of halogens is 1. The molecule has 0 bridgehead atoms. The highest BCUT2D eigenvalue weighted by Gasteiger charge is 2.18. The van der Waals surface area contributed by atoms with Crippen LogP contribution in [0.25, 0.3) is 11.4 Å². The van der Waals surface area contributed by atoms with E-state index in [-0.39, 0.29) is 18.2 Å². The Morgan fingerprint density at radius 2 is 1.86 bits per heavy atom. The highest BCUT2D eigenvalue weighted by atomic mass is 35.5. The number of rotatable bonds is 5. The highest BCUT2D eigenvalue weighted by Crippen LogP contribution is 2.21. The SMILES string of the molecule is Cc1c(C(=O)Nc2ccc(-n3cc(CO)nn3)cc2)nnn1-c1ccccc1Cl. The van der Waals surface area contributed by atoms with Gasteiger partial charge in [-0.1, -0.05) is 34.2 Å². The maximum atomic E-state index is 12.6. The van der Waals surface area contributed by atoms with Crippen molar-refractivity contribution in [1.29, 1.82) is 0 Å². The molecule has 2 aromatic heterocycles. The van der Waals surface area contributed by atoms with Crippen molar-refractivity contribution in [2.45, 2.75) is 13.5 Å². The van der Waals surface area contributed by atoms with E-state index in [1.54, 1.807) is 49.5 Å². The molecule has 2 N–H and O–H groups in total. The second-order valence-corrected chi connectivity index (χ2v) is 6.61. The molecule has 0 atom stereocenters. The number of amides is 1. The Morgan fingerprint density at radius 1 is 1.10 bits per heavy atom. The van der Waals surface area contributed by atoms with Crippen LogP contribution in [0.5, 0.6) is 0 Å². The van der Waals surface area contributed by atoms with Crippen LogP contribution in [-0.4, -0.2) is 41.0 Å². The largest absolute Gasteiger partial charge is 0.390 e. The molecule has 0 fully saturated rings. The Morgan fingerprint density at radius 3 is 2.55 bits per heavy atom. The van der Waals surface area contributed by atoms with E-state index in [4.69, 9.17) is 16.7 Å². The van der Waals surface area contributed by atoms with Crippen molar-refractivity contribution < 1.29 is 9.90 Å². The second kappa shape index (κ2) is 7.82. The van der Waals surface area contributed by atoms with Crippen molar-refractivity contribution in [3.8, 4) is 11.4 Å². The molecule has 0 saturated heterocycles. The molecule has 0 aliphatic rings. The monoisotopic (exact) mass is 409 g/mol. The predicted octanol–water partition coefficient (Wildman–Crippen LogP) is 2.55. The summed E-state index contributed by atoms with van der Waals surface area (Å²) in [6.07, 6.45) is 1.63. The quantitative estimate of drug-likeness (QED) is 0.524. The molecule has 0 radical (unpaired) electrons. The fourth-order valence-corrected chi connectivity index (χ4v) is 2.99. The molecule has 0 spiro atoms. The number of aliphatic hydroxyl groups is 1. The van der Waals surface area contributed by atoms with Gasteiger partial charge < -0.3 is 10.4 Å². The minimum absolute atomic E-state index is 0.178. The molecule has 1 amide bonds. The number of benzene rings is 2. The third kappa shape index (κ3) is 3.73. The molecular weight excluding hydrogens is 394 g/mol. The molecule has 0 saturated carbocycles. The topological polar surface area (TPSA) is 111 Å². The number of hydrogen-bond donors (Lipinski definition) is 2. The molecular formula is C19H16ClN7O2. The first-order chi connectivity index (χ1) is 14.1. The van der Waals surface area contributed by atoms with Gasteiger partial charge >= 0.3 is 0 Å². The Balaban J connectivity index is 1.52. The molecule has 10 heteroatoms. The van der Waals surface area contributed by atoms with Gasteiger partial charge in [-0.3, -0.25) is 4.79 Å². The lowest BCUT2D eigenvalue weighted by Gasteiger charge is -2.07. The molecule has 146 valence electrons. The van der Waals surface area contributed by atoms with Crippen LogP contribution < -0.4 is 5.32 Å². The van der Waals surface area contributed by atoms with Gasteiger partial charge in [0.15, 0.2) is 5.69 Å². The highest BCUT2D eigenvalue weighted by molar-refractivity contribution is 6.32. The molecule has 0 unspecified atom stereocenters. The van der Waals surface area contributed by atoms with Gasteiger partial charge in [0.1, 0.15) is 5.69 Å². The van der Waals surface area contributed by atoms with E-state index >= 15 is 0 Å². The van der Waals surface area contributed by atoms with E-state index in [9.17, 15) is 4.79 Å². The van der Waals surface area contributed by atoms with Gasteiger partial charge in [0.05, 0.1) is 34.9 Å². The van der Waals surface area contributed by atoms with Gasteiger partial charge in [-0.25, -0.2) is 9.36 Å². The summed E-state index contributed by atoms with van der Waals surface area (Å²) in [4.78, 5) is 12.6. The van der Waals surface area contributed by atoms with E-state index in [1.165, 1.54) is 9.36 Å². The number of aliphatic hydroxyl groups excluding tert-OH is 1. The van der Waals surface area contributed by atoms with Crippen molar-refractivity contribution >= 4 is 23.2 Å². The standard InChI is InChI=1S/C19H16ClN7O2/c1-12-18(23-25-27(12)17-5-3-2-4-16(17)20)19(29)21-13-6-8-15(9-7-13)26-10-14(11-28)22-24-26/h2-10,28H,11H2,1H3,(H,21,29). The van der Waals surface area contributed by atoms with E-state index in [2.05, 4.69) is 25.9 Å². The van der Waals surface area contributed by atoms with Crippen molar-refractivity contribution in [3.05, 3.63) is 76.8 Å². The number of carbonyl (C=O) groups is 1. The number of nitrogens with zero attached hydrogens (tertiary/aromatic N) is 6. The molecule has 4 aromatic rings. The van der Waals surface area contributed by atoms with Crippen molar-refractivity contribution in [2.24, 2.45) is 0 Å². The minimum atomic E-state index is -0.378. The first-order valence-corrected chi connectivity index (χ1v) is 9.05. The fraction of sp³-hybridized carbons (Fsp3) is 0.105. The maximum Gasteiger partial charge on any atom is 0.278 e. The zero-order valence-electron chi connectivity index (χ0n) is 15.3. The first-order valence-electron chi connectivity index (χ1n) is 8.68. The van der Waals surface area contributed by atoms with Crippen molar-refractivity contribution in [3.63, 3.8) is 0 Å². The van der Waals surface area contributed by atoms with E-state index in [1.807, 2.05) is 12.1 Å². The normalized spacial score (nSPS) is 10.9. The van der Waals surface area contributed by atoms with Crippen LogP contribution in [0.15, 0.2) is 54.7 Å². The van der Waals surface area contributed by atoms with Gasteiger partial charge in [0, 0.05) is 5.69 Å². The molecule has 9 nitrogen and oxygen atoms in total. The lowest BCUT2D eigenvalue weighted by molar-refractivity contribution is 0.102. The Labute approximate surface area is 170 Å². The van der Waals surface area contributed by atoms with Crippen molar-refractivity contribution in [2.75, 3.05) is 5.32 Å². The molecule has 2 aromatic carbocycles. The Hall–Kier alpha value is -3.56. The smallest absolute Gasteiger partial charge is 0.278 e. The van der Waals surface area contributed by atoms with Gasteiger partial charge in [-0.2, -0.15) is 0 Å². The average molecular weight is 410 g/mol. The van der Waals surface area contributed by atoms with Gasteiger partial charge in [-0.05, 0) is 43.3 Å². The van der Waals surface area contributed by atoms with E-state index in [0.29, 0.717) is 27.8 Å². The summed E-state index contributed by atoms with van der Waals surface area (Å²) in [6.45, 7) is 1.58. The molecule has 0 aliphatic carbocycles. The zero-order chi connectivity index (χ0) is 20.4. The lowest BCUT2D eigenvalue weighted by atomic mass is 10.2. The summed E-state index contributed by atoms with van der Waals surface area (Å²) in [5, 5.41) is 28.2. The van der Waals surface area contributed by atoms with Crippen LogP contribution in [-0.2, 0) is 6.61 Å². The minimum Gasteiger partial charge on any atom is -0.390 e. The third-order valence-electron chi connectivity index (χ3n) is 4.28. The fourth-order valence-electron chi connectivity index (χ4n) is 2.78. The van der Waals surface area contributed by atoms with Crippen LogP contribution in [0.1, 0.15) is 21.9 Å². The van der Waals surface area contributed by atoms with Crippen LogP contribution in [0, 0.1) is 6.92 Å². The summed E-state index contributed by atoms with van der Waals surface area (Å²) in [6, 6.07) is 14.2. The number of anilines is 1. The van der Waals surface area contributed by atoms with E-state index < -0.39 is 0 Å². The van der Waals surface area contributed by atoms with E-state index in [0.717, 1.165) is 5.69 Å². The average Bonchev–Trinajstić information content (AvgIpc) is 3.36. The van der Waals surface area contributed by atoms with Gasteiger partial charge in [-0.15, -0.1) is 10.2 Å². The molecule has 29 heavy (non-hydrogen) atoms. The molecule has 0 aliphatic heterocycles. The van der Waals surface area contributed by atoms with Gasteiger partial charge in [0.2, 0.25) is 0 Å². The predicted molar refractivity (Wildman–Crippen MR) is 106 cm³/mol. The number of carbonyl (C=O) groups excluding carboxylic acids is 1. The number of nitrogens with one attached hydrogen (secondary N) is 1. The van der Waals surface area contributed by atoms with Crippen LogP contribution in [0.4, 0.5) is 5.69 Å².